The summed E-state index contributed by atoms with van der Waals surface area (Å²) in [7, 11) is 3.41. The Labute approximate surface area is 88.9 Å². The van der Waals surface area contributed by atoms with Crippen molar-refractivity contribution in [2.75, 3.05) is 14.1 Å². The minimum atomic E-state index is -0.119. The topological polar surface area (TPSA) is 42.4 Å². The van der Waals surface area contributed by atoms with Gasteiger partial charge in [0, 0.05) is 20.3 Å². The molecule has 0 atom stereocenters. The summed E-state index contributed by atoms with van der Waals surface area (Å²) >= 11 is 0. The normalized spacial score (nSPS) is 14.8. The van der Waals surface area contributed by atoms with Crippen molar-refractivity contribution < 1.29 is 9.53 Å². The standard InChI is InChI=1S/C11H14N2O2/c1-13(2)11(14)10-9(4-3-7-12-10)15-8-5-6-8/h3-4,7-8H,5-6H2,1-2H3. The fourth-order valence-corrected chi connectivity index (χ4v) is 1.22. The summed E-state index contributed by atoms with van der Waals surface area (Å²) in [6.45, 7) is 0. The molecule has 1 aliphatic rings. The van der Waals surface area contributed by atoms with Gasteiger partial charge in [0.1, 0.15) is 0 Å². The lowest BCUT2D eigenvalue weighted by molar-refractivity contribution is 0.0816. The molecule has 80 valence electrons. The fraction of sp³-hybridized carbons (Fsp3) is 0.455. The molecule has 0 spiro atoms. The van der Waals surface area contributed by atoms with Gasteiger partial charge in [-0.25, -0.2) is 4.98 Å². The van der Waals surface area contributed by atoms with E-state index in [2.05, 4.69) is 4.98 Å². The van der Waals surface area contributed by atoms with Gasteiger partial charge in [-0.15, -0.1) is 0 Å². The maximum Gasteiger partial charge on any atom is 0.275 e. The van der Waals surface area contributed by atoms with Crippen molar-refractivity contribution in [2.24, 2.45) is 0 Å². The van der Waals surface area contributed by atoms with Gasteiger partial charge >= 0.3 is 0 Å². The molecule has 0 aromatic carbocycles. The quantitative estimate of drug-likeness (QED) is 0.749. The van der Waals surface area contributed by atoms with Gasteiger partial charge in [-0.3, -0.25) is 4.79 Å². The SMILES string of the molecule is CN(C)C(=O)c1ncccc1OC1CC1. The number of carbonyl (C=O) groups is 1. The number of carbonyl (C=O) groups excluding carboxylic acids is 1. The lowest BCUT2D eigenvalue weighted by atomic mass is 10.3. The van der Waals surface area contributed by atoms with Gasteiger partial charge in [0.25, 0.3) is 5.91 Å². The number of hydrogen-bond acceptors (Lipinski definition) is 3. The van der Waals surface area contributed by atoms with E-state index in [1.807, 2.05) is 0 Å². The number of pyridine rings is 1. The van der Waals surface area contributed by atoms with E-state index in [1.165, 1.54) is 4.90 Å². The first-order valence-corrected chi connectivity index (χ1v) is 5.02. The molecule has 1 aliphatic carbocycles. The highest BCUT2D eigenvalue weighted by Gasteiger charge is 2.26. The highest BCUT2D eigenvalue weighted by atomic mass is 16.5. The third-order valence-electron chi connectivity index (χ3n) is 2.20. The maximum atomic E-state index is 11.8. The summed E-state index contributed by atoms with van der Waals surface area (Å²) in [5, 5.41) is 0. The van der Waals surface area contributed by atoms with Gasteiger partial charge in [-0.1, -0.05) is 0 Å². The molecule has 1 aromatic rings. The van der Waals surface area contributed by atoms with Crippen LogP contribution < -0.4 is 4.74 Å². The van der Waals surface area contributed by atoms with Crippen molar-refractivity contribution in [2.45, 2.75) is 18.9 Å². The van der Waals surface area contributed by atoms with Gasteiger partial charge in [0.05, 0.1) is 6.10 Å². The zero-order valence-electron chi connectivity index (χ0n) is 8.93. The van der Waals surface area contributed by atoms with Crippen LogP contribution in [0.5, 0.6) is 5.75 Å². The van der Waals surface area contributed by atoms with Crippen LogP contribution in [-0.2, 0) is 0 Å². The third kappa shape index (κ3) is 2.26. The second kappa shape index (κ2) is 3.88. The molecule has 0 aliphatic heterocycles. The van der Waals surface area contributed by atoms with Gasteiger partial charge < -0.3 is 9.64 Å². The van der Waals surface area contributed by atoms with E-state index in [9.17, 15) is 4.79 Å². The number of rotatable bonds is 3. The van der Waals surface area contributed by atoms with E-state index < -0.39 is 0 Å². The number of ether oxygens (including phenoxy) is 1. The van der Waals surface area contributed by atoms with Crippen LogP contribution in [0.25, 0.3) is 0 Å². The average Bonchev–Trinajstić information content (AvgIpc) is 3.01. The lowest BCUT2D eigenvalue weighted by Gasteiger charge is -2.13. The van der Waals surface area contributed by atoms with Crippen molar-refractivity contribution in [1.29, 1.82) is 0 Å². The van der Waals surface area contributed by atoms with Crippen LogP contribution in [0, 0.1) is 0 Å². The molecule has 0 unspecified atom stereocenters. The molecular weight excluding hydrogens is 192 g/mol. The fourth-order valence-electron chi connectivity index (χ4n) is 1.22. The number of nitrogens with zero attached hydrogens (tertiary/aromatic N) is 2. The Hall–Kier alpha value is -1.58. The Bertz CT molecular complexity index is 373. The first-order valence-electron chi connectivity index (χ1n) is 5.02. The molecule has 0 N–H and O–H groups in total. The van der Waals surface area contributed by atoms with Crippen molar-refractivity contribution in [1.82, 2.24) is 9.88 Å². The molecule has 4 heteroatoms. The molecular formula is C11H14N2O2. The van der Waals surface area contributed by atoms with Crippen molar-refractivity contribution >= 4 is 5.91 Å². The monoisotopic (exact) mass is 206 g/mol. The predicted molar refractivity (Wildman–Crippen MR) is 55.9 cm³/mol. The van der Waals surface area contributed by atoms with E-state index in [-0.39, 0.29) is 12.0 Å². The second-order valence-corrected chi connectivity index (χ2v) is 3.87. The Morgan fingerprint density at radius 1 is 1.53 bits per heavy atom. The third-order valence-corrected chi connectivity index (χ3v) is 2.20. The molecule has 1 aromatic heterocycles. The van der Waals surface area contributed by atoms with E-state index in [4.69, 9.17) is 4.74 Å². The molecule has 0 bridgehead atoms. The second-order valence-electron chi connectivity index (χ2n) is 3.87. The molecule has 0 saturated heterocycles. The molecule has 2 rings (SSSR count). The van der Waals surface area contributed by atoms with E-state index in [1.54, 1.807) is 32.4 Å². The van der Waals surface area contributed by atoms with Gasteiger partial charge in [-0.05, 0) is 25.0 Å². The summed E-state index contributed by atoms with van der Waals surface area (Å²) in [6, 6.07) is 3.58. The Balaban J connectivity index is 2.23. The number of amides is 1. The summed E-state index contributed by atoms with van der Waals surface area (Å²) in [4.78, 5) is 17.3. The zero-order chi connectivity index (χ0) is 10.8. The molecule has 0 radical (unpaired) electrons. The van der Waals surface area contributed by atoms with Crippen molar-refractivity contribution in [3.63, 3.8) is 0 Å². The van der Waals surface area contributed by atoms with Crippen LogP contribution in [0.1, 0.15) is 23.3 Å². The Morgan fingerprint density at radius 3 is 2.87 bits per heavy atom. The van der Waals surface area contributed by atoms with Crippen LogP contribution in [-0.4, -0.2) is 36.0 Å². The van der Waals surface area contributed by atoms with Gasteiger partial charge in [0.15, 0.2) is 11.4 Å². The van der Waals surface area contributed by atoms with E-state index >= 15 is 0 Å². The first kappa shape index (κ1) is 9.96. The predicted octanol–water partition coefficient (Wildman–Crippen LogP) is 1.32. The van der Waals surface area contributed by atoms with Crippen LogP contribution >= 0.6 is 0 Å². The Kier molecular flexibility index (Phi) is 2.58. The van der Waals surface area contributed by atoms with Crippen LogP contribution in [0.2, 0.25) is 0 Å². The number of aromatic nitrogens is 1. The molecule has 4 nitrogen and oxygen atoms in total. The maximum absolute atomic E-state index is 11.8. The van der Waals surface area contributed by atoms with Crippen LogP contribution in [0.4, 0.5) is 0 Å². The summed E-state index contributed by atoms with van der Waals surface area (Å²) < 4.78 is 5.62. The first-order chi connectivity index (χ1) is 7.18. The van der Waals surface area contributed by atoms with Crippen molar-refractivity contribution in [3.05, 3.63) is 24.0 Å². The van der Waals surface area contributed by atoms with Crippen LogP contribution in [0.3, 0.4) is 0 Å². The molecule has 15 heavy (non-hydrogen) atoms. The molecule has 1 amide bonds. The zero-order valence-corrected chi connectivity index (χ0v) is 8.93. The molecule has 1 heterocycles. The highest BCUT2D eigenvalue weighted by Crippen LogP contribution is 2.28. The summed E-state index contributed by atoms with van der Waals surface area (Å²) in [6.07, 6.45) is 4.04. The number of hydrogen-bond donors (Lipinski definition) is 0. The molecule has 1 fully saturated rings. The van der Waals surface area contributed by atoms with Crippen molar-refractivity contribution in [3.8, 4) is 5.75 Å². The van der Waals surface area contributed by atoms with E-state index in [0.29, 0.717) is 11.4 Å². The largest absolute Gasteiger partial charge is 0.488 e. The summed E-state index contributed by atoms with van der Waals surface area (Å²) in [5.41, 5.74) is 0.398. The summed E-state index contributed by atoms with van der Waals surface area (Å²) in [5.74, 6) is 0.477. The lowest BCUT2D eigenvalue weighted by Crippen LogP contribution is -2.23. The van der Waals surface area contributed by atoms with E-state index in [0.717, 1.165) is 12.8 Å². The smallest absolute Gasteiger partial charge is 0.275 e. The molecule has 1 saturated carbocycles. The average molecular weight is 206 g/mol. The minimum Gasteiger partial charge on any atom is -0.488 e. The van der Waals surface area contributed by atoms with Gasteiger partial charge in [-0.2, -0.15) is 0 Å². The Morgan fingerprint density at radius 2 is 2.27 bits per heavy atom. The van der Waals surface area contributed by atoms with Crippen LogP contribution in [0.15, 0.2) is 18.3 Å². The van der Waals surface area contributed by atoms with Gasteiger partial charge in [0.2, 0.25) is 0 Å². The highest BCUT2D eigenvalue weighted by molar-refractivity contribution is 5.94. The minimum absolute atomic E-state index is 0.119.